The Morgan fingerprint density at radius 1 is 0.425 bits per heavy atom. The molecule has 146 heavy (non-hydrogen) atoms. The van der Waals surface area contributed by atoms with Crippen LogP contribution in [-0.2, 0) is 116 Å². The number of carbonyl (C=O) groups excluding carboxylic acids is 9. The van der Waals surface area contributed by atoms with Gasteiger partial charge in [0.15, 0.2) is 0 Å². The number of nitrogens with zero attached hydrogens (tertiary/aromatic N) is 12. The molecule has 18 atom stereocenters. The van der Waals surface area contributed by atoms with Gasteiger partial charge in [0.25, 0.3) is 17.8 Å². The summed E-state index contributed by atoms with van der Waals surface area (Å²) in [5.74, 6) is -11.9. The van der Waals surface area contributed by atoms with E-state index < -0.39 is 167 Å². The summed E-state index contributed by atoms with van der Waals surface area (Å²) < 4.78 is 150. The summed E-state index contributed by atoms with van der Waals surface area (Å²) in [4.78, 5) is 159. The summed E-state index contributed by atoms with van der Waals surface area (Å²) in [6.45, 7) is 22.9. The number of pyridine rings is 3. The first-order valence-corrected chi connectivity index (χ1v) is 48.7. The molecule has 6 amide bonds. The van der Waals surface area contributed by atoms with Gasteiger partial charge in [-0.25, -0.2) is 104 Å². The van der Waals surface area contributed by atoms with Gasteiger partial charge in [-0.1, -0.05) is 127 Å². The van der Waals surface area contributed by atoms with Gasteiger partial charge in [-0.15, -0.1) is 0 Å². The summed E-state index contributed by atoms with van der Waals surface area (Å²) in [5, 5.41) is 9.60. The molecule has 6 fully saturated rings. The Balaban J connectivity index is 0.000000181. The van der Waals surface area contributed by atoms with Crippen molar-refractivity contribution in [1.82, 2.24) is 75.5 Å². The van der Waals surface area contributed by atoms with Gasteiger partial charge in [0, 0.05) is 152 Å². The van der Waals surface area contributed by atoms with Crippen molar-refractivity contribution in [2.75, 3.05) is 19.6 Å². The number of amides is 6. The van der Waals surface area contributed by atoms with Crippen molar-refractivity contribution in [1.29, 1.82) is 0 Å². The molecule has 0 unspecified atom stereocenters. The summed E-state index contributed by atoms with van der Waals surface area (Å²) in [6, 6.07) is 17.4. The third-order valence-corrected chi connectivity index (χ3v) is 28.4. The summed E-state index contributed by atoms with van der Waals surface area (Å²) in [5.41, 5.74) is -3.03. The minimum absolute atomic E-state index is 0. The van der Waals surface area contributed by atoms with E-state index in [0.29, 0.717) is 132 Å². The predicted octanol–water partition coefficient (Wildman–Crippen LogP) is 17.9. The quantitative estimate of drug-likeness (QED) is 0.0650. The number of fused-ring (bicyclic) bond motifs is 15. The second-order valence-electron chi connectivity index (χ2n) is 42.1. The maximum atomic E-state index is 16.1. The molecule has 3 saturated carbocycles. The Bertz CT molecular complexity index is 6210. The number of ether oxygens (including phenoxy) is 9. The maximum absolute atomic E-state index is 16.1. The van der Waals surface area contributed by atoms with Crippen molar-refractivity contribution in [2.45, 2.75) is 283 Å². The number of rotatable bonds is 10. The molecule has 3 aliphatic carbocycles. The first-order chi connectivity index (χ1) is 67.9. The fourth-order valence-corrected chi connectivity index (χ4v) is 19.6. The van der Waals surface area contributed by atoms with E-state index in [1.54, 1.807) is 149 Å². The van der Waals surface area contributed by atoms with Crippen molar-refractivity contribution >= 4 is 87.6 Å². The molecule has 9 aliphatic rings. The van der Waals surface area contributed by atoms with Gasteiger partial charge in [-0.2, -0.15) is 0 Å². The third-order valence-electron chi connectivity index (χ3n) is 28.4. The molecule has 6 aromatic heterocycles. The molecule has 777 valence electrons. The first-order valence-electron chi connectivity index (χ1n) is 48.7. The zero-order valence-electron chi connectivity index (χ0n) is 83.2. The molecule has 12 heterocycles. The number of alkyl carbamates (subject to hydrolysis) is 3. The molecule has 3 N–H and O–H groups in total. The molecule has 9 aromatic rings. The van der Waals surface area contributed by atoms with Gasteiger partial charge in [-0.05, 0) is 165 Å². The maximum Gasteiger partial charge on any atom is 0.408 e. The van der Waals surface area contributed by atoms with Crippen LogP contribution in [-0.4, -0.2) is 206 Å². The van der Waals surface area contributed by atoms with E-state index in [1.807, 2.05) is 32.7 Å². The van der Waals surface area contributed by atoms with E-state index in [2.05, 4.69) is 60.8 Å². The van der Waals surface area contributed by atoms with Crippen LogP contribution in [0.1, 0.15) is 209 Å². The number of aromatic nitrogens is 9. The molecule has 18 rings (SSSR count). The Morgan fingerprint density at radius 3 is 1.08 bits per heavy atom. The van der Waals surface area contributed by atoms with Crippen molar-refractivity contribution < 1.29 is 168 Å². The number of halogens is 6. The fourth-order valence-electron chi connectivity index (χ4n) is 19.6. The van der Waals surface area contributed by atoms with Gasteiger partial charge in [0.05, 0.1) is 52.9 Å². The Hall–Kier alpha value is -11.5. The Kier molecular flexibility index (Phi) is 34.9. The van der Waals surface area contributed by atoms with E-state index in [9.17, 15) is 43.2 Å². The zero-order chi connectivity index (χ0) is 102. The van der Waals surface area contributed by atoms with Crippen LogP contribution in [0.15, 0.2) is 129 Å². The van der Waals surface area contributed by atoms with Crippen molar-refractivity contribution in [3.63, 3.8) is 0 Å². The van der Waals surface area contributed by atoms with Crippen LogP contribution >= 0.6 is 0 Å². The molecule has 3 radical (unpaired) electrons. The molecule has 6 aliphatic heterocycles. The van der Waals surface area contributed by atoms with Crippen molar-refractivity contribution in [3.8, 4) is 52.5 Å². The second-order valence-corrected chi connectivity index (χ2v) is 42.1. The molecule has 6 bridgehead atoms. The van der Waals surface area contributed by atoms with Gasteiger partial charge in [0.2, 0.25) is 53.0 Å². The normalized spacial score (nSPS) is 27.8. The standard InChI is InChI=1S/2C35H40F2N5O6.C34H38F2N5O6.3V/c1-20-26(18-43)42-17-27(20)47-30-24(14-21-9-10-23(15-25(21)40-30)46-28-11-13-38-19-39-28)35(36,37)12-7-6-8-22-16-34(22,5)48-32(45)41-29(31(42)44)33(2,3)4;1-5-23-26(18-43)42-17-28(23)47-31-24(14-20-9-10-22(16-25(20)40-31)46-29-11-13-38-19-39-29)35(36,37)12-7-6-8-21-15-27(21)48-33(45)41-30(32(42)44)34(2,3)4;1-19-25(17-42)41-16-27(19)46-30-23(13-20-8-9-22(15-24(20)39-30)45-28-10-12-37-18-38-28)34(35,36)11-6-5-7-21-14-26(21)47-32(44)40-29(31(41)43)33(2,3)4;;;/h9-11,13-15,19-20,22,26-27,29H,6-8,12,16-17H2,1-5H3,(H,41,45);9-11,13-14,16,19,21,23,26-28,30H,5-8,12,15,17H2,1-4H3,(H,41,45);8-10,12-13,15,18-19,21,25-27,29H,5-7,11,14,16H2,1-4H3,(H,40,44);;;/q3*-1;;;/t20-,22+,26+,27-,29+,34+;21-,23+,26-,27-,28+,30-;19-,21+,25+,26+,27-,29+;;;/m010.../s1. The molecule has 3 saturated heterocycles. The fraction of sp³-hybridized carbons (Fsp3) is 0.538. The third kappa shape index (κ3) is 25.9. The van der Waals surface area contributed by atoms with E-state index in [4.69, 9.17) is 42.6 Å². The van der Waals surface area contributed by atoms with E-state index in [0.717, 1.165) is 0 Å². The van der Waals surface area contributed by atoms with Crippen LogP contribution in [0, 0.1) is 51.8 Å². The summed E-state index contributed by atoms with van der Waals surface area (Å²) in [7, 11) is 0. The van der Waals surface area contributed by atoms with Crippen LogP contribution in [0.25, 0.3) is 32.7 Å². The van der Waals surface area contributed by atoms with E-state index in [-0.39, 0.29) is 159 Å². The molecule has 0 spiro atoms. The zero-order valence-corrected chi connectivity index (χ0v) is 87.4. The number of carbonyl (C=O) groups is 6. The van der Waals surface area contributed by atoms with Crippen LogP contribution < -0.4 is 44.4 Å². The molecule has 33 nitrogen and oxygen atoms in total. The minimum Gasteiger partial charge on any atom is -0.540 e. The van der Waals surface area contributed by atoms with Crippen LogP contribution in [0.3, 0.4) is 0 Å². The number of hydrogen-bond donors (Lipinski definition) is 3. The van der Waals surface area contributed by atoms with E-state index >= 15 is 26.3 Å². The van der Waals surface area contributed by atoms with Crippen LogP contribution in [0.2, 0.25) is 0 Å². The average molecular weight is 2130 g/mol. The topological polar surface area (TPSA) is 399 Å². The largest absolute Gasteiger partial charge is 0.540 e. The Labute approximate surface area is 877 Å². The van der Waals surface area contributed by atoms with Gasteiger partial charge < -0.3 is 87.7 Å². The van der Waals surface area contributed by atoms with Crippen LogP contribution in [0.4, 0.5) is 40.7 Å². The smallest absolute Gasteiger partial charge is 0.408 e. The molecular formula is C104H118F6N15O18V3-3. The Morgan fingerprint density at radius 2 is 0.753 bits per heavy atom. The SMILES string of the molecule is CC[C@@H]1[C@@H]2CN(C(=O)[C@H](C(C)(C)C)NC(=O)O[C@@H]3C[C@H]3CCCCC(F)(F)c3cc4ccc(Oc5ccncn5)cc4nc3O2)[C@@H]1[C-]=O.C[C@@H]1[C@@H]2CN(C(=O)[C@H](C(C)(C)C)NC(=O)O[C@@H]3C[C@H]3CCCCC(F)(F)c3cc4ccc(Oc5ccncn5)cc4nc3O2)[C@@H]1[C-]=O.C[C@@H]1[C@@H]2CN(C(=O)[C@H](C(C)(C)C)NC(=O)O[C@]3(C)C[C@H]3CCCCC(F)(F)c3cc4ccc(Oc5ccncn5)cc4nc3O2)[C@@H]1[C-]=O.[V].[V].[V]. The predicted molar refractivity (Wildman–Crippen MR) is 506 cm³/mol. The average Bonchev–Trinajstić information content (AvgIpc) is 1.64. The molecule has 3 aromatic carbocycles. The van der Waals surface area contributed by atoms with E-state index in [1.165, 1.54) is 70.5 Å². The van der Waals surface area contributed by atoms with Gasteiger partial charge in [0.1, 0.15) is 90.5 Å². The number of hydrogen-bond acceptors (Lipinski definition) is 27. The van der Waals surface area contributed by atoms with Gasteiger partial charge in [-0.3, -0.25) is 14.4 Å². The van der Waals surface area contributed by atoms with Crippen LogP contribution in [0.5, 0.6) is 52.5 Å². The number of benzene rings is 3. The van der Waals surface area contributed by atoms with Crippen molar-refractivity contribution in [3.05, 3.63) is 145 Å². The number of alkyl halides is 6. The number of nitrogens with one attached hydrogen (secondary N) is 3. The van der Waals surface area contributed by atoms with Gasteiger partial charge >= 0.3 is 18.3 Å². The molecule has 42 heteroatoms. The minimum atomic E-state index is -3.30. The van der Waals surface area contributed by atoms with Crippen molar-refractivity contribution in [2.24, 2.45) is 51.8 Å². The molecular weight excluding hydrogens is 2010 g/mol. The second kappa shape index (κ2) is 45.7. The monoisotopic (exact) mass is 2130 g/mol. The first kappa shape index (κ1) is 112. The summed E-state index contributed by atoms with van der Waals surface area (Å²) in [6.07, 6.45) is 14.2. The summed E-state index contributed by atoms with van der Waals surface area (Å²) >= 11 is 0.